The molecule has 0 aliphatic carbocycles. The number of halogens is 1. The molecule has 0 N–H and O–H groups in total. The van der Waals surface area contributed by atoms with Gasteiger partial charge in [-0.25, -0.2) is 4.39 Å². The topological polar surface area (TPSA) is 43.9 Å². The molecule has 1 saturated heterocycles. The summed E-state index contributed by atoms with van der Waals surface area (Å²) >= 11 is 1.75. The first-order valence-corrected chi connectivity index (χ1v) is 14.6. The van der Waals surface area contributed by atoms with Crippen LogP contribution in [0.2, 0.25) is 0 Å². The van der Waals surface area contributed by atoms with Gasteiger partial charge < -0.3 is 9.80 Å². The average Bonchev–Trinajstić information content (AvgIpc) is 3.43. The minimum absolute atomic E-state index is 0.0312. The third kappa shape index (κ3) is 6.00. The molecular formula is C31H36FN3O2S. The first-order valence-electron chi connectivity index (χ1n) is 13.7. The molecule has 3 heterocycles. The summed E-state index contributed by atoms with van der Waals surface area (Å²) in [7, 11) is 0. The highest BCUT2D eigenvalue weighted by molar-refractivity contribution is 7.10. The molecular weight excluding hydrogens is 497 g/mol. The van der Waals surface area contributed by atoms with Gasteiger partial charge in [-0.05, 0) is 71.7 Å². The number of carbonyl (C=O) groups is 2. The molecule has 0 saturated carbocycles. The Balaban J connectivity index is 1.15. The lowest BCUT2D eigenvalue weighted by molar-refractivity contribution is -0.133. The number of amides is 2. The van der Waals surface area contributed by atoms with E-state index in [4.69, 9.17) is 0 Å². The molecule has 1 aromatic heterocycles. The van der Waals surface area contributed by atoms with Gasteiger partial charge in [0.05, 0.1) is 6.04 Å². The highest BCUT2D eigenvalue weighted by Gasteiger charge is 2.31. The second kappa shape index (κ2) is 12.2. The summed E-state index contributed by atoms with van der Waals surface area (Å²) in [5, 5.41) is 2.10. The molecule has 200 valence electrons. The zero-order chi connectivity index (χ0) is 26.5. The van der Waals surface area contributed by atoms with Gasteiger partial charge in [0.15, 0.2) is 0 Å². The SMILES string of the molecule is CCCCc1ccc(C(=O)N2CCN(C(=O)CCN3CCc4sccc4C3c3cccc(F)c3)CC2)cc1. The quantitative estimate of drug-likeness (QED) is 0.381. The van der Waals surface area contributed by atoms with Crippen LogP contribution in [-0.4, -0.2) is 65.8 Å². The van der Waals surface area contributed by atoms with Gasteiger partial charge >= 0.3 is 0 Å². The van der Waals surface area contributed by atoms with Crippen LogP contribution in [0.1, 0.15) is 64.2 Å². The number of aryl methyl sites for hydroxylation is 1. The summed E-state index contributed by atoms with van der Waals surface area (Å²) in [5.41, 5.74) is 4.14. The molecule has 5 rings (SSSR count). The number of thiophene rings is 1. The summed E-state index contributed by atoms with van der Waals surface area (Å²) in [5.74, 6) is -0.0795. The highest BCUT2D eigenvalue weighted by Crippen LogP contribution is 2.38. The van der Waals surface area contributed by atoms with E-state index in [2.05, 4.69) is 35.4 Å². The Labute approximate surface area is 228 Å². The number of piperazine rings is 1. The van der Waals surface area contributed by atoms with Crippen LogP contribution in [0.15, 0.2) is 60.0 Å². The van der Waals surface area contributed by atoms with Crippen LogP contribution >= 0.6 is 11.3 Å². The fraction of sp³-hybridized carbons (Fsp3) is 0.419. The van der Waals surface area contributed by atoms with Gasteiger partial charge in [-0.1, -0.05) is 37.6 Å². The zero-order valence-corrected chi connectivity index (χ0v) is 22.9. The van der Waals surface area contributed by atoms with Gasteiger partial charge in [-0.15, -0.1) is 11.3 Å². The van der Waals surface area contributed by atoms with Crippen LogP contribution in [0.5, 0.6) is 0 Å². The fourth-order valence-electron chi connectivity index (χ4n) is 5.61. The molecule has 0 radical (unpaired) electrons. The van der Waals surface area contributed by atoms with E-state index in [1.54, 1.807) is 23.5 Å². The Morgan fingerprint density at radius 2 is 1.74 bits per heavy atom. The molecule has 7 heteroatoms. The van der Waals surface area contributed by atoms with Gasteiger partial charge in [0.2, 0.25) is 5.91 Å². The lowest BCUT2D eigenvalue weighted by atomic mass is 9.93. The second-order valence-electron chi connectivity index (χ2n) is 10.3. The Bertz CT molecular complexity index is 1250. The van der Waals surface area contributed by atoms with Crippen LogP contribution in [0.4, 0.5) is 4.39 Å². The van der Waals surface area contributed by atoms with Crippen molar-refractivity contribution in [1.82, 2.24) is 14.7 Å². The normalized spacial score (nSPS) is 17.9. The molecule has 2 amide bonds. The molecule has 1 atom stereocenters. The van der Waals surface area contributed by atoms with Crippen molar-refractivity contribution in [1.29, 1.82) is 0 Å². The van der Waals surface area contributed by atoms with Gasteiger partial charge in [0.25, 0.3) is 5.91 Å². The number of benzene rings is 2. The van der Waals surface area contributed by atoms with Crippen LogP contribution in [-0.2, 0) is 17.6 Å². The third-order valence-electron chi connectivity index (χ3n) is 7.78. The molecule has 2 aromatic carbocycles. The molecule has 1 fully saturated rings. The second-order valence-corrected chi connectivity index (χ2v) is 11.3. The van der Waals surface area contributed by atoms with Gasteiger partial charge in [0, 0.05) is 56.1 Å². The standard InChI is InChI=1S/C31H36FN3O2S/c1-2-3-5-23-8-10-24(11-9-23)31(37)35-19-17-33(18-20-35)29(36)13-16-34-15-12-28-27(14-21-38-28)30(34)25-6-4-7-26(32)22-25/h4,6-11,14,21-22,30H,2-3,5,12-13,15-20H2,1H3. The van der Waals surface area contributed by atoms with Gasteiger partial charge in [-0.2, -0.15) is 0 Å². The van der Waals surface area contributed by atoms with E-state index in [0.29, 0.717) is 44.7 Å². The lowest BCUT2D eigenvalue weighted by Gasteiger charge is -2.38. The van der Waals surface area contributed by atoms with E-state index in [0.717, 1.165) is 37.8 Å². The van der Waals surface area contributed by atoms with E-state index < -0.39 is 0 Å². The number of hydrogen-bond donors (Lipinski definition) is 0. The van der Waals surface area contributed by atoms with Crippen molar-refractivity contribution in [3.05, 3.63) is 92.9 Å². The molecule has 0 spiro atoms. The number of nitrogens with zero attached hydrogens (tertiary/aromatic N) is 3. The minimum atomic E-state index is -0.235. The highest BCUT2D eigenvalue weighted by atomic mass is 32.1. The van der Waals surface area contributed by atoms with E-state index in [1.165, 1.54) is 22.1 Å². The Morgan fingerprint density at radius 1 is 0.974 bits per heavy atom. The van der Waals surface area contributed by atoms with E-state index in [-0.39, 0.29) is 23.7 Å². The van der Waals surface area contributed by atoms with Gasteiger partial charge in [0.1, 0.15) is 5.82 Å². The summed E-state index contributed by atoms with van der Waals surface area (Å²) in [4.78, 5) is 33.5. The molecule has 1 unspecified atom stereocenters. The Hall–Kier alpha value is -3.03. The minimum Gasteiger partial charge on any atom is -0.339 e. The molecule has 5 nitrogen and oxygen atoms in total. The predicted molar refractivity (Wildman–Crippen MR) is 150 cm³/mol. The average molecular weight is 534 g/mol. The number of unbranched alkanes of at least 4 members (excludes halogenated alkanes) is 1. The Morgan fingerprint density at radius 3 is 2.47 bits per heavy atom. The zero-order valence-electron chi connectivity index (χ0n) is 22.1. The maximum Gasteiger partial charge on any atom is 0.253 e. The molecule has 38 heavy (non-hydrogen) atoms. The van der Waals surface area contributed by atoms with Crippen molar-refractivity contribution in [2.45, 2.75) is 45.1 Å². The number of hydrogen-bond acceptors (Lipinski definition) is 4. The maximum atomic E-state index is 14.1. The lowest BCUT2D eigenvalue weighted by Crippen LogP contribution is -2.51. The molecule has 2 aliphatic rings. The first kappa shape index (κ1) is 26.6. The van der Waals surface area contributed by atoms with Crippen molar-refractivity contribution >= 4 is 23.2 Å². The molecule has 2 aliphatic heterocycles. The van der Waals surface area contributed by atoms with Crippen LogP contribution in [0.3, 0.4) is 0 Å². The third-order valence-corrected chi connectivity index (χ3v) is 8.78. The van der Waals surface area contributed by atoms with Crippen LogP contribution in [0.25, 0.3) is 0 Å². The number of carbonyl (C=O) groups excluding carboxylic acids is 2. The van der Waals surface area contributed by atoms with Crippen LogP contribution < -0.4 is 0 Å². The fourth-order valence-corrected chi connectivity index (χ4v) is 6.51. The van der Waals surface area contributed by atoms with E-state index >= 15 is 0 Å². The summed E-state index contributed by atoms with van der Waals surface area (Å²) in [6.45, 7) is 5.87. The van der Waals surface area contributed by atoms with Crippen molar-refractivity contribution in [3.63, 3.8) is 0 Å². The monoisotopic (exact) mass is 533 g/mol. The maximum absolute atomic E-state index is 14.1. The smallest absolute Gasteiger partial charge is 0.253 e. The van der Waals surface area contributed by atoms with E-state index in [1.807, 2.05) is 28.0 Å². The Kier molecular flexibility index (Phi) is 8.55. The molecule has 0 bridgehead atoms. The van der Waals surface area contributed by atoms with Crippen LogP contribution in [0, 0.1) is 5.82 Å². The summed E-state index contributed by atoms with van der Waals surface area (Å²) in [6.07, 6.45) is 4.72. The van der Waals surface area contributed by atoms with E-state index in [9.17, 15) is 14.0 Å². The van der Waals surface area contributed by atoms with Crippen molar-refractivity contribution in [2.75, 3.05) is 39.3 Å². The number of fused-ring (bicyclic) bond motifs is 1. The first-order chi connectivity index (χ1) is 18.5. The van der Waals surface area contributed by atoms with Crippen molar-refractivity contribution < 1.29 is 14.0 Å². The predicted octanol–water partition coefficient (Wildman–Crippen LogP) is 5.55. The summed E-state index contributed by atoms with van der Waals surface area (Å²) in [6, 6.07) is 16.9. The molecule has 3 aromatic rings. The van der Waals surface area contributed by atoms with Gasteiger partial charge in [-0.3, -0.25) is 14.5 Å². The largest absolute Gasteiger partial charge is 0.339 e. The number of rotatable bonds is 8. The summed E-state index contributed by atoms with van der Waals surface area (Å²) < 4.78 is 14.1. The van der Waals surface area contributed by atoms with Crippen molar-refractivity contribution in [3.8, 4) is 0 Å². The van der Waals surface area contributed by atoms with Crippen molar-refractivity contribution in [2.24, 2.45) is 0 Å².